The molecule has 1 saturated carbocycles. The Morgan fingerprint density at radius 1 is 1.40 bits per heavy atom. The third-order valence-electron chi connectivity index (χ3n) is 3.21. The topological polar surface area (TPSA) is 49.3 Å². The summed E-state index contributed by atoms with van der Waals surface area (Å²) in [5.41, 5.74) is 0. The largest absolute Gasteiger partial charge is 0.392 e. The summed E-state index contributed by atoms with van der Waals surface area (Å²) in [6.45, 7) is 2.72. The molecular weight excluding hydrogens is 210 g/mol. The molecule has 1 aliphatic carbocycles. The van der Waals surface area contributed by atoms with Crippen molar-refractivity contribution < 1.29 is 9.32 Å². The van der Waals surface area contributed by atoms with E-state index in [9.17, 15) is 9.32 Å². The Morgan fingerprint density at radius 3 is 2.73 bits per heavy atom. The van der Waals surface area contributed by atoms with Gasteiger partial charge in [0.05, 0.1) is 6.10 Å². The Morgan fingerprint density at radius 2 is 2.07 bits per heavy atom. The number of nitrogens with one attached hydrogen (secondary N) is 1. The van der Waals surface area contributed by atoms with E-state index in [1.54, 1.807) is 6.26 Å². The lowest BCUT2D eigenvalue weighted by Gasteiger charge is -2.23. The molecule has 0 spiro atoms. The van der Waals surface area contributed by atoms with Gasteiger partial charge in [0.1, 0.15) is 0 Å². The van der Waals surface area contributed by atoms with Gasteiger partial charge in [-0.2, -0.15) is 0 Å². The van der Waals surface area contributed by atoms with Gasteiger partial charge in [0.15, 0.2) is 0 Å². The smallest absolute Gasteiger partial charge is 0.0693 e. The molecule has 90 valence electrons. The van der Waals surface area contributed by atoms with Gasteiger partial charge in [-0.25, -0.2) is 0 Å². The second-order valence-electron chi connectivity index (χ2n) is 4.53. The predicted octanol–water partition coefficient (Wildman–Crippen LogP) is 1.04. The van der Waals surface area contributed by atoms with Crippen LogP contribution in [0.5, 0.6) is 0 Å². The maximum absolute atomic E-state index is 11.2. The zero-order chi connectivity index (χ0) is 11.3. The lowest BCUT2D eigenvalue weighted by molar-refractivity contribution is 0.120. The van der Waals surface area contributed by atoms with E-state index < -0.39 is 10.8 Å². The van der Waals surface area contributed by atoms with E-state index in [1.807, 2.05) is 6.92 Å². The molecule has 4 unspecified atom stereocenters. The van der Waals surface area contributed by atoms with Gasteiger partial charge in [-0.1, -0.05) is 19.3 Å². The third-order valence-corrected chi connectivity index (χ3v) is 4.51. The molecule has 1 aliphatic rings. The first-order chi connectivity index (χ1) is 7.11. The van der Waals surface area contributed by atoms with E-state index in [0.717, 1.165) is 25.8 Å². The van der Waals surface area contributed by atoms with Crippen molar-refractivity contribution in [2.24, 2.45) is 0 Å². The maximum Gasteiger partial charge on any atom is 0.0693 e. The quantitative estimate of drug-likeness (QED) is 0.713. The van der Waals surface area contributed by atoms with Crippen LogP contribution in [0.2, 0.25) is 0 Å². The fourth-order valence-electron chi connectivity index (χ4n) is 1.96. The van der Waals surface area contributed by atoms with Crippen LogP contribution in [0, 0.1) is 0 Å². The van der Waals surface area contributed by atoms with Gasteiger partial charge in [0.25, 0.3) is 0 Å². The molecule has 0 heterocycles. The fourth-order valence-corrected chi connectivity index (χ4v) is 2.29. The van der Waals surface area contributed by atoms with Gasteiger partial charge in [0.2, 0.25) is 0 Å². The standard InChI is InChI=1S/C11H23NO2S/c1-9(15(2)14)8-12-10-6-4-3-5-7-11(10)13/h9-13H,3-8H2,1-2H3. The Hall–Kier alpha value is 0.0700. The minimum atomic E-state index is -0.774. The first-order valence-corrected chi connectivity index (χ1v) is 7.47. The molecule has 0 bridgehead atoms. The highest BCUT2D eigenvalue weighted by molar-refractivity contribution is 7.84. The molecule has 0 aromatic rings. The first kappa shape index (κ1) is 13.1. The van der Waals surface area contributed by atoms with Gasteiger partial charge < -0.3 is 10.4 Å². The number of aliphatic hydroxyl groups excluding tert-OH is 1. The zero-order valence-corrected chi connectivity index (χ0v) is 10.6. The summed E-state index contributed by atoms with van der Waals surface area (Å²) >= 11 is 0. The van der Waals surface area contributed by atoms with E-state index in [-0.39, 0.29) is 17.4 Å². The molecule has 0 aromatic carbocycles. The summed E-state index contributed by atoms with van der Waals surface area (Å²) in [5, 5.41) is 13.4. The molecule has 1 fully saturated rings. The fraction of sp³-hybridized carbons (Fsp3) is 1.00. The number of hydrogen-bond acceptors (Lipinski definition) is 3. The summed E-state index contributed by atoms with van der Waals surface area (Å²) in [6.07, 6.45) is 7.02. The van der Waals surface area contributed by atoms with E-state index in [4.69, 9.17) is 0 Å². The highest BCUT2D eigenvalue weighted by Crippen LogP contribution is 2.17. The SMILES string of the molecule is CC(CNC1CCCCCC1O)S(C)=O. The lowest BCUT2D eigenvalue weighted by Crippen LogP contribution is -2.42. The summed E-state index contributed by atoms with van der Waals surface area (Å²) in [4.78, 5) is 0. The highest BCUT2D eigenvalue weighted by atomic mass is 32.2. The minimum absolute atomic E-state index is 0.167. The summed E-state index contributed by atoms with van der Waals surface area (Å²) in [6, 6.07) is 0.207. The lowest BCUT2D eigenvalue weighted by atomic mass is 10.1. The summed E-state index contributed by atoms with van der Waals surface area (Å²) in [7, 11) is -0.774. The van der Waals surface area contributed by atoms with Crippen molar-refractivity contribution >= 4 is 10.8 Å². The van der Waals surface area contributed by atoms with Crippen LogP contribution < -0.4 is 5.32 Å². The molecule has 15 heavy (non-hydrogen) atoms. The van der Waals surface area contributed by atoms with Crippen molar-refractivity contribution in [2.45, 2.75) is 56.4 Å². The molecule has 0 aliphatic heterocycles. The number of rotatable bonds is 4. The summed E-state index contributed by atoms with van der Waals surface area (Å²) < 4.78 is 11.2. The maximum atomic E-state index is 11.2. The van der Waals surface area contributed by atoms with Crippen LogP contribution in [0.4, 0.5) is 0 Å². The third kappa shape index (κ3) is 4.62. The predicted molar refractivity (Wildman–Crippen MR) is 64.4 cm³/mol. The van der Waals surface area contributed by atoms with Crippen molar-refractivity contribution in [3.8, 4) is 0 Å². The minimum Gasteiger partial charge on any atom is -0.392 e. The molecule has 0 saturated heterocycles. The van der Waals surface area contributed by atoms with Gasteiger partial charge >= 0.3 is 0 Å². The average molecular weight is 233 g/mol. The monoisotopic (exact) mass is 233 g/mol. The Bertz CT molecular complexity index is 211. The molecule has 4 heteroatoms. The van der Waals surface area contributed by atoms with Crippen molar-refractivity contribution in [2.75, 3.05) is 12.8 Å². The second-order valence-corrected chi connectivity index (χ2v) is 6.33. The van der Waals surface area contributed by atoms with Gasteiger partial charge in [0, 0.05) is 34.9 Å². The van der Waals surface area contributed by atoms with Crippen molar-refractivity contribution in [3.63, 3.8) is 0 Å². The molecular formula is C11H23NO2S. The van der Waals surface area contributed by atoms with Crippen LogP contribution in [0.15, 0.2) is 0 Å². The first-order valence-electron chi connectivity index (χ1n) is 5.85. The molecule has 1 rings (SSSR count). The number of hydrogen-bond donors (Lipinski definition) is 2. The molecule has 0 aromatic heterocycles. The van der Waals surface area contributed by atoms with Crippen molar-refractivity contribution in [1.82, 2.24) is 5.32 Å². The van der Waals surface area contributed by atoms with Crippen LogP contribution in [0.3, 0.4) is 0 Å². The Labute approximate surface area is 95.1 Å². The van der Waals surface area contributed by atoms with Crippen LogP contribution in [-0.4, -0.2) is 39.5 Å². The van der Waals surface area contributed by atoms with Crippen LogP contribution in [0.25, 0.3) is 0 Å². The zero-order valence-electron chi connectivity index (χ0n) is 9.74. The van der Waals surface area contributed by atoms with Crippen LogP contribution in [-0.2, 0) is 10.8 Å². The van der Waals surface area contributed by atoms with Crippen molar-refractivity contribution in [3.05, 3.63) is 0 Å². The molecule has 2 N–H and O–H groups in total. The van der Waals surface area contributed by atoms with E-state index in [0.29, 0.717) is 0 Å². The second kappa shape index (κ2) is 6.61. The molecule has 0 amide bonds. The Balaban J connectivity index is 2.32. The van der Waals surface area contributed by atoms with E-state index in [2.05, 4.69) is 5.32 Å². The Kier molecular flexibility index (Phi) is 5.79. The number of aliphatic hydroxyl groups is 1. The average Bonchev–Trinajstić information content (AvgIpc) is 2.39. The van der Waals surface area contributed by atoms with Crippen LogP contribution in [0.1, 0.15) is 39.0 Å². The highest BCUT2D eigenvalue weighted by Gasteiger charge is 2.21. The normalized spacial score (nSPS) is 31.9. The van der Waals surface area contributed by atoms with E-state index >= 15 is 0 Å². The van der Waals surface area contributed by atoms with Gasteiger partial charge in [-0.15, -0.1) is 0 Å². The van der Waals surface area contributed by atoms with Crippen molar-refractivity contribution in [1.29, 1.82) is 0 Å². The molecule has 4 atom stereocenters. The molecule has 0 radical (unpaired) electrons. The van der Waals surface area contributed by atoms with Gasteiger partial charge in [-0.05, 0) is 19.8 Å². The van der Waals surface area contributed by atoms with Crippen LogP contribution >= 0.6 is 0 Å². The summed E-state index contributed by atoms with van der Waals surface area (Å²) in [5.74, 6) is 0. The van der Waals surface area contributed by atoms with Gasteiger partial charge in [-0.3, -0.25) is 4.21 Å². The van der Waals surface area contributed by atoms with E-state index in [1.165, 1.54) is 12.8 Å². The molecule has 3 nitrogen and oxygen atoms in total.